The van der Waals surface area contributed by atoms with Crippen LogP contribution >= 0.6 is 0 Å². The third kappa shape index (κ3) is 3.28. The fourth-order valence-corrected chi connectivity index (χ4v) is 1.62. The normalized spacial score (nSPS) is 24.0. The molecule has 0 radical (unpaired) electrons. The molecule has 2 heteroatoms. The van der Waals surface area contributed by atoms with Gasteiger partial charge in [0.15, 0.2) is 0 Å². The first-order valence-electron chi connectivity index (χ1n) is 5.50. The number of aliphatic hydroxyl groups is 1. The number of rotatable bonds is 6. The Labute approximate surface area is 81.7 Å². The van der Waals surface area contributed by atoms with Gasteiger partial charge in [0, 0.05) is 12.6 Å². The van der Waals surface area contributed by atoms with Crippen molar-refractivity contribution in [3.63, 3.8) is 0 Å². The molecular weight excluding hydrogens is 162 g/mol. The highest BCUT2D eigenvalue weighted by Gasteiger charge is 2.42. The molecule has 0 saturated heterocycles. The van der Waals surface area contributed by atoms with Crippen molar-refractivity contribution >= 4 is 0 Å². The van der Waals surface area contributed by atoms with Gasteiger partial charge in [0.05, 0.1) is 6.10 Å². The minimum atomic E-state index is -0.158. The van der Waals surface area contributed by atoms with Gasteiger partial charge in [-0.25, -0.2) is 0 Å². The summed E-state index contributed by atoms with van der Waals surface area (Å²) >= 11 is 0. The van der Waals surface area contributed by atoms with E-state index in [1.54, 1.807) is 0 Å². The molecule has 0 amide bonds. The molecule has 78 valence electrons. The number of nitrogens with one attached hydrogen (secondary N) is 1. The molecule has 1 aliphatic rings. The van der Waals surface area contributed by atoms with E-state index in [2.05, 4.69) is 26.1 Å². The van der Waals surface area contributed by atoms with Crippen molar-refractivity contribution in [2.75, 3.05) is 6.54 Å². The zero-order valence-corrected chi connectivity index (χ0v) is 9.14. The fourth-order valence-electron chi connectivity index (χ4n) is 1.62. The van der Waals surface area contributed by atoms with E-state index in [0.29, 0.717) is 11.5 Å². The quantitative estimate of drug-likeness (QED) is 0.662. The molecule has 0 aromatic rings. The molecule has 2 unspecified atom stereocenters. The smallest absolute Gasteiger partial charge is 0.0664 e. The predicted octanol–water partition coefficient (Wildman–Crippen LogP) is 1.93. The van der Waals surface area contributed by atoms with Gasteiger partial charge in [0.1, 0.15) is 0 Å². The lowest BCUT2D eigenvalue weighted by molar-refractivity contribution is 0.152. The Morgan fingerprint density at radius 1 is 1.46 bits per heavy atom. The summed E-state index contributed by atoms with van der Waals surface area (Å²) in [6, 6.07) is 0.555. The molecule has 1 fully saturated rings. The molecule has 0 bridgehead atoms. The van der Waals surface area contributed by atoms with Crippen LogP contribution < -0.4 is 5.32 Å². The van der Waals surface area contributed by atoms with Gasteiger partial charge >= 0.3 is 0 Å². The Balaban J connectivity index is 2.11. The van der Waals surface area contributed by atoms with Crippen LogP contribution in [0.25, 0.3) is 0 Å². The second-order valence-electron chi connectivity index (χ2n) is 4.73. The van der Waals surface area contributed by atoms with Crippen LogP contribution in [0.4, 0.5) is 0 Å². The summed E-state index contributed by atoms with van der Waals surface area (Å²) in [6.45, 7) is 7.40. The van der Waals surface area contributed by atoms with Gasteiger partial charge in [0.25, 0.3) is 0 Å². The van der Waals surface area contributed by atoms with Gasteiger partial charge in [-0.3, -0.25) is 0 Å². The van der Waals surface area contributed by atoms with E-state index in [0.717, 1.165) is 19.4 Å². The van der Waals surface area contributed by atoms with E-state index >= 15 is 0 Å². The summed E-state index contributed by atoms with van der Waals surface area (Å²) in [5.41, 5.74) is 0.520. The topological polar surface area (TPSA) is 32.3 Å². The maximum atomic E-state index is 9.52. The molecular formula is C11H23NO. The van der Waals surface area contributed by atoms with Crippen LogP contribution in [-0.2, 0) is 0 Å². The highest BCUT2D eigenvalue weighted by molar-refractivity contribution is 4.96. The molecule has 1 aliphatic carbocycles. The van der Waals surface area contributed by atoms with E-state index in [1.165, 1.54) is 12.8 Å². The molecule has 0 spiro atoms. The van der Waals surface area contributed by atoms with E-state index in [1.807, 2.05) is 0 Å². The molecule has 1 saturated carbocycles. The van der Waals surface area contributed by atoms with Crippen molar-refractivity contribution in [1.82, 2.24) is 5.32 Å². The van der Waals surface area contributed by atoms with Crippen LogP contribution in [-0.4, -0.2) is 23.8 Å². The van der Waals surface area contributed by atoms with E-state index in [9.17, 15) is 5.11 Å². The molecule has 2 N–H and O–H groups in total. The summed E-state index contributed by atoms with van der Waals surface area (Å²) in [4.78, 5) is 0. The van der Waals surface area contributed by atoms with Gasteiger partial charge in [-0.2, -0.15) is 0 Å². The van der Waals surface area contributed by atoms with Gasteiger partial charge < -0.3 is 10.4 Å². The molecule has 2 nitrogen and oxygen atoms in total. The Hall–Kier alpha value is -0.0800. The first-order valence-corrected chi connectivity index (χ1v) is 5.50. The van der Waals surface area contributed by atoms with Crippen LogP contribution in [0.1, 0.15) is 46.5 Å². The minimum absolute atomic E-state index is 0.158. The molecule has 0 aromatic heterocycles. The molecule has 0 heterocycles. The van der Waals surface area contributed by atoms with E-state index < -0.39 is 0 Å². The highest BCUT2D eigenvalue weighted by Crippen LogP contribution is 2.47. The molecule has 13 heavy (non-hydrogen) atoms. The largest absolute Gasteiger partial charge is 0.392 e. The minimum Gasteiger partial charge on any atom is -0.392 e. The molecule has 1 rings (SSSR count). The average Bonchev–Trinajstić information content (AvgIpc) is 2.81. The summed E-state index contributed by atoms with van der Waals surface area (Å²) in [6.07, 6.45) is 4.50. The van der Waals surface area contributed by atoms with Gasteiger partial charge in [-0.05, 0) is 31.6 Å². The summed E-state index contributed by atoms with van der Waals surface area (Å²) in [5, 5.41) is 12.9. The number of hydrogen-bond acceptors (Lipinski definition) is 2. The zero-order chi connectivity index (χ0) is 9.90. The van der Waals surface area contributed by atoms with Crippen molar-refractivity contribution in [2.24, 2.45) is 5.41 Å². The van der Waals surface area contributed by atoms with Crippen LogP contribution in [0, 0.1) is 5.41 Å². The maximum absolute atomic E-state index is 9.52. The Morgan fingerprint density at radius 2 is 2.08 bits per heavy atom. The Bertz CT molecular complexity index is 154. The lowest BCUT2D eigenvalue weighted by Gasteiger charge is -2.22. The van der Waals surface area contributed by atoms with Crippen molar-refractivity contribution in [2.45, 2.75) is 58.6 Å². The van der Waals surface area contributed by atoms with Crippen molar-refractivity contribution in [3.05, 3.63) is 0 Å². The molecule has 0 aromatic carbocycles. The second-order valence-corrected chi connectivity index (χ2v) is 4.73. The number of hydrogen-bond donors (Lipinski definition) is 2. The standard InChI is InChI=1S/C11H23NO/c1-4-5-10(13)8-12-9(2)11(3)6-7-11/h9-10,12-13H,4-8H2,1-3H3. The first kappa shape index (κ1) is 11.0. The van der Waals surface area contributed by atoms with Crippen LogP contribution in [0.15, 0.2) is 0 Å². The monoisotopic (exact) mass is 185 g/mol. The Kier molecular flexibility index (Phi) is 3.74. The third-order valence-electron chi connectivity index (χ3n) is 3.37. The zero-order valence-electron chi connectivity index (χ0n) is 9.14. The van der Waals surface area contributed by atoms with Crippen molar-refractivity contribution < 1.29 is 5.11 Å². The van der Waals surface area contributed by atoms with Crippen LogP contribution in [0.2, 0.25) is 0 Å². The molecule has 2 atom stereocenters. The SMILES string of the molecule is CCCC(O)CNC(C)C1(C)CC1. The third-order valence-corrected chi connectivity index (χ3v) is 3.37. The lowest BCUT2D eigenvalue weighted by atomic mass is 10.0. The van der Waals surface area contributed by atoms with Crippen LogP contribution in [0.3, 0.4) is 0 Å². The molecule has 0 aliphatic heterocycles. The van der Waals surface area contributed by atoms with Gasteiger partial charge in [-0.1, -0.05) is 20.3 Å². The van der Waals surface area contributed by atoms with E-state index in [4.69, 9.17) is 0 Å². The van der Waals surface area contributed by atoms with E-state index in [-0.39, 0.29) is 6.10 Å². The van der Waals surface area contributed by atoms with Crippen LogP contribution in [0.5, 0.6) is 0 Å². The summed E-state index contributed by atoms with van der Waals surface area (Å²) in [5.74, 6) is 0. The van der Waals surface area contributed by atoms with Gasteiger partial charge in [0.2, 0.25) is 0 Å². The lowest BCUT2D eigenvalue weighted by Crippen LogP contribution is -2.38. The fraction of sp³-hybridized carbons (Fsp3) is 1.00. The Morgan fingerprint density at radius 3 is 2.54 bits per heavy atom. The second kappa shape index (κ2) is 4.43. The first-order chi connectivity index (χ1) is 6.08. The van der Waals surface area contributed by atoms with Crippen molar-refractivity contribution in [1.29, 1.82) is 0 Å². The summed E-state index contributed by atoms with van der Waals surface area (Å²) < 4.78 is 0. The summed E-state index contributed by atoms with van der Waals surface area (Å²) in [7, 11) is 0. The van der Waals surface area contributed by atoms with Gasteiger partial charge in [-0.15, -0.1) is 0 Å². The average molecular weight is 185 g/mol. The number of aliphatic hydroxyl groups excluding tert-OH is 1. The predicted molar refractivity (Wildman–Crippen MR) is 55.7 cm³/mol. The highest BCUT2D eigenvalue weighted by atomic mass is 16.3. The maximum Gasteiger partial charge on any atom is 0.0664 e. The van der Waals surface area contributed by atoms with Crippen molar-refractivity contribution in [3.8, 4) is 0 Å².